The lowest BCUT2D eigenvalue weighted by molar-refractivity contribution is -0.119. The highest BCUT2D eigenvalue weighted by molar-refractivity contribution is 7.99. The van der Waals surface area contributed by atoms with Crippen molar-refractivity contribution in [3.63, 3.8) is 0 Å². The van der Waals surface area contributed by atoms with Gasteiger partial charge in [0, 0.05) is 22.8 Å². The van der Waals surface area contributed by atoms with Crippen molar-refractivity contribution in [2.75, 3.05) is 23.0 Å². The average Bonchev–Trinajstić information content (AvgIpc) is 2.81. The first-order chi connectivity index (χ1) is 12.5. The predicted octanol–water partition coefficient (Wildman–Crippen LogP) is 3.06. The van der Waals surface area contributed by atoms with E-state index in [-0.39, 0.29) is 11.5 Å². The van der Waals surface area contributed by atoms with Crippen LogP contribution in [-0.2, 0) is 14.3 Å². The Bertz CT molecular complexity index is 855. The summed E-state index contributed by atoms with van der Waals surface area (Å²) in [5.74, 6) is -1.07. The zero-order valence-electron chi connectivity index (χ0n) is 13.6. The van der Waals surface area contributed by atoms with Crippen LogP contribution >= 0.6 is 11.8 Å². The molecule has 0 atom stereocenters. The number of nitrogens with one attached hydrogen (secondary N) is 2. The molecule has 0 fully saturated rings. The van der Waals surface area contributed by atoms with Crippen molar-refractivity contribution >= 4 is 40.9 Å². The fourth-order valence-electron chi connectivity index (χ4n) is 2.29. The summed E-state index contributed by atoms with van der Waals surface area (Å²) in [5.41, 5.74) is 1.20. The molecule has 8 heteroatoms. The number of fused-ring (bicyclic) bond motifs is 1. The number of esters is 1. The SMILES string of the molecule is O=C(COC(=O)c1ccc2c(c1)NC(=O)CCS2)Nc1ccc(F)cc1. The fourth-order valence-corrected chi connectivity index (χ4v) is 3.23. The summed E-state index contributed by atoms with van der Waals surface area (Å²) >= 11 is 1.53. The van der Waals surface area contributed by atoms with Crippen molar-refractivity contribution in [2.45, 2.75) is 11.3 Å². The van der Waals surface area contributed by atoms with Crippen LogP contribution in [0.4, 0.5) is 15.8 Å². The van der Waals surface area contributed by atoms with E-state index in [9.17, 15) is 18.8 Å². The molecule has 3 rings (SSSR count). The fraction of sp³-hybridized carbons (Fsp3) is 0.167. The van der Waals surface area contributed by atoms with Gasteiger partial charge in [0.25, 0.3) is 5.91 Å². The molecule has 0 aliphatic carbocycles. The maximum atomic E-state index is 12.8. The normalized spacial score (nSPS) is 13.2. The number of halogens is 1. The Hall–Kier alpha value is -2.87. The molecule has 134 valence electrons. The zero-order chi connectivity index (χ0) is 18.5. The third kappa shape index (κ3) is 4.60. The molecular weight excluding hydrogens is 359 g/mol. The Labute approximate surface area is 153 Å². The van der Waals surface area contributed by atoms with Crippen LogP contribution in [0, 0.1) is 5.82 Å². The van der Waals surface area contributed by atoms with Gasteiger partial charge in [-0.15, -0.1) is 11.8 Å². The number of hydrogen-bond donors (Lipinski definition) is 2. The number of ether oxygens (including phenoxy) is 1. The van der Waals surface area contributed by atoms with Gasteiger partial charge in [-0.2, -0.15) is 0 Å². The van der Waals surface area contributed by atoms with Gasteiger partial charge in [-0.05, 0) is 42.5 Å². The van der Waals surface area contributed by atoms with E-state index in [1.54, 1.807) is 12.1 Å². The van der Waals surface area contributed by atoms with Gasteiger partial charge in [0.15, 0.2) is 6.61 Å². The number of thioether (sulfide) groups is 1. The average molecular weight is 374 g/mol. The van der Waals surface area contributed by atoms with Gasteiger partial charge in [-0.3, -0.25) is 9.59 Å². The Balaban J connectivity index is 1.58. The highest BCUT2D eigenvalue weighted by Gasteiger charge is 2.17. The lowest BCUT2D eigenvalue weighted by atomic mass is 10.2. The topological polar surface area (TPSA) is 84.5 Å². The second-order valence-corrected chi connectivity index (χ2v) is 6.63. The van der Waals surface area contributed by atoms with Gasteiger partial charge in [-0.1, -0.05) is 0 Å². The molecule has 0 saturated carbocycles. The summed E-state index contributed by atoms with van der Waals surface area (Å²) in [6.07, 6.45) is 0.405. The molecule has 0 saturated heterocycles. The molecule has 2 N–H and O–H groups in total. The third-order valence-electron chi connectivity index (χ3n) is 3.54. The molecule has 2 amide bonds. The van der Waals surface area contributed by atoms with Gasteiger partial charge >= 0.3 is 5.97 Å². The van der Waals surface area contributed by atoms with E-state index in [1.165, 1.54) is 42.1 Å². The Morgan fingerprint density at radius 2 is 1.96 bits per heavy atom. The van der Waals surface area contributed by atoms with Crippen molar-refractivity contribution in [1.29, 1.82) is 0 Å². The van der Waals surface area contributed by atoms with Crippen molar-refractivity contribution in [1.82, 2.24) is 0 Å². The van der Waals surface area contributed by atoms with E-state index >= 15 is 0 Å². The highest BCUT2D eigenvalue weighted by Crippen LogP contribution is 2.31. The number of anilines is 2. The smallest absolute Gasteiger partial charge is 0.338 e. The molecule has 1 aliphatic rings. The molecule has 0 unspecified atom stereocenters. The Morgan fingerprint density at radius 3 is 2.73 bits per heavy atom. The van der Waals surface area contributed by atoms with Crippen LogP contribution in [0.15, 0.2) is 47.4 Å². The minimum Gasteiger partial charge on any atom is -0.452 e. The zero-order valence-corrected chi connectivity index (χ0v) is 14.4. The second kappa shape index (κ2) is 8.01. The summed E-state index contributed by atoms with van der Waals surface area (Å²) in [5, 5.41) is 5.24. The van der Waals surface area contributed by atoms with E-state index in [4.69, 9.17) is 4.74 Å². The van der Waals surface area contributed by atoms with E-state index < -0.39 is 24.3 Å². The molecule has 1 aliphatic heterocycles. The first-order valence-electron chi connectivity index (χ1n) is 7.80. The van der Waals surface area contributed by atoms with Crippen LogP contribution in [0.1, 0.15) is 16.8 Å². The summed E-state index contributed by atoms with van der Waals surface area (Å²) in [6, 6.07) is 10.1. The summed E-state index contributed by atoms with van der Waals surface area (Å²) in [7, 11) is 0. The monoisotopic (exact) mass is 374 g/mol. The van der Waals surface area contributed by atoms with Crippen molar-refractivity contribution in [3.8, 4) is 0 Å². The van der Waals surface area contributed by atoms with Crippen molar-refractivity contribution in [2.24, 2.45) is 0 Å². The molecule has 1 heterocycles. The third-order valence-corrected chi connectivity index (χ3v) is 4.61. The van der Waals surface area contributed by atoms with Crippen LogP contribution in [0.5, 0.6) is 0 Å². The Morgan fingerprint density at radius 1 is 1.19 bits per heavy atom. The number of carbonyl (C=O) groups is 3. The maximum absolute atomic E-state index is 12.8. The van der Waals surface area contributed by atoms with Crippen molar-refractivity contribution in [3.05, 3.63) is 53.8 Å². The molecule has 6 nitrogen and oxygen atoms in total. The minimum atomic E-state index is -0.675. The molecule has 0 spiro atoms. The molecule has 0 bridgehead atoms. The van der Waals surface area contributed by atoms with Gasteiger partial charge in [-0.25, -0.2) is 9.18 Å². The van der Waals surface area contributed by atoms with Crippen LogP contribution in [0.3, 0.4) is 0 Å². The van der Waals surface area contributed by atoms with Crippen LogP contribution in [0.25, 0.3) is 0 Å². The molecule has 26 heavy (non-hydrogen) atoms. The van der Waals surface area contributed by atoms with Gasteiger partial charge in [0.1, 0.15) is 5.82 Å². The second-order valence-electron chi connectivity index (χ2n) is 5.49. The van der Waals surface area contributed by atoms with Crippen LogP contribution < -0.4 is 10.6 Å². The molecule has 0 radical (unpaired) electrons. The first kappa shape index (κ1) is 17.9. The number of rotatable bonds is 4. The summed E-state index contributed by atoms with van der Waals surface area (Å²) in [6.45, 7) is -0.478. The number of benzene rings is 2. The number of hydrogen-bond acceptors (Lipinski definition) is 5. The van der Waals surface area contributed by atoms with E-state index in [1.807, 2.05) is 0 Å². The van der Waals surface area contributed by atoms with Gasteiger partial charge in [0.05, 0.1) is 11.3 Å². The van der Waals surface area contributed by atoms with Crippen LogP contribution in [0.2, 0.25) is 0 Å². The minimum absolute atomic E-state index is 0.111. The van der Waals surface area contributed by atoms with E-state index in [0.717, 1.165) is 4.90 Å². The molecule has 2 aromatic rings. The van der Waals surface area contributed by atoms with Crippen LogP contribution in [-0.4, -0.2) is 30.1 Å². The first-order valence-corrected chi connectivity index (χ1v) is 8.79. The van der Waals surface area contributed by atoms with E-state index in [0.29, 0.717) is 23.5 Å². The largest absolute Gasteiger partial charge is 0.452 e. The maximum Gasteiger partial charge on any atom is 0.338 e. The van der Waals surface area contributed by atoms with Gasteiger partial charge in [0.2, 0.25) is 5.91 Å². The Kier molecular flexibility index (Phi) is 5.52. The molecule has 2 aromatic carbocycles. The highest BCUT2D eigenvalue weighted by atomic mass is 32.2. The van der Waals surface area contributed by atoms with Crippen molar-refractivity contribution < 1.29 is 23.5 Å². The van der Waals surface area contributed by atoms with E-state index in [2.05, 4.69) is 10.6 Å². The summed E-state index contributed by atoms with van der Waals surface area (Å²) < 4.78 is 17.8. The molecule has 0 aromatic heterocycles. The summed E-state index contributed by atoms with van der Waals surface area (Å²) in [4.78, 5) is 36.4. The predicted molar refractivity (Wildman–Crippen MR) is 95.7 cm³/mol. The lowest BCUT2D eigenvalue weighted by Gasteiger charge is -2.09. The standard InChI is InChI=1S/C18H15FN2O4S/c19-12-2-4-13(5-3-12)20-17(23)10-25-18(24)11-1-6-15-14(9-11)21-16(22)7-8-26-15/h1-6,9H,7-8,10H2,(H,20,23)(H,21,22). The number of amides is 2. The lowest BCUT2D eigenvalue weighted by Crippen LogP contribution is -2.21. The number of carbonyl (C=O) groups excluding carboxylic acids is 3. The molecular formula is C18H15FN2O4S. The quantitative estimate of drug-likeness (QED) is 0.804. The van der Waals surface area contributed by atoms with Gasteiger partial charge < -0.3 is 15.4 Å².